The van der Waals surface area contributed by atoms with E-state index in [-0.39, 0.29) is 12.2 Å². The average Bonchev–Trinajstić information content (AvgIpc) is 3.20. The highest BCUT2D eigenvalue weighted by Gasteiger charge is 2.11. The number of hydrogen-bond acceptors (Lipinski definition) is 5. The number of aromatic nitrogens is 2. The van der Waals surface area contributed by atoms with Crippen LogP contribution in [0.2, 0.25) is 0 Å². The second-order valence-corrected chi connectivity index (χ2v) is 5.98. The van der Waals surface area contributed by atoms with E-state index in [1.54, 1.807) is 36.6 Å². The lowest BCUT2D eigenvalue weighted by Gasteiger charge is -2.11. The van der Waals surface area contributed by atoms with E-state index < -0.39 is 0 Å². The zero-order valence-corrected chi connectivity index (χ0v) is 14.7. The smallest absolute Gasteiger partial charge is 0.282 e. The third-order valence-electron chi connectivity index (χ3n) is 4.11. The fourth-order valence-electron chi connectivity index (χ4n) is 2.72. The lowest BCUT2D eigenvalue weighted by molar-refractivity contribution is 0.287. The SMILES string of the molecule is Cc1ccccc1OCc1nc2ccccc2c(=O)n1/N=C\c1ccco1. The van der Waals surface area contributed by atoms with Gasteiger partial charge in [-0.05, 0) is 42.8 Å². The van der Waals surface area contributed by atoms with Gasteiger partial charge in [0.2, 0.25) is 0 Å². The Morgan fingerprint density at radius 2 is 1.93 bits per heavy atom. The summed E-state index contributed by atoms with van der Waals surface area (Å²) in [4.78, 5) is 17.5. The van der Waals surface area contributed by atoms with Gasteiger partial charge in [-0.2, -0.15) is 9.78 Å². The molecule has 0 spiro atoms. The molecule has 0 aliphatic heterocycles. The van der Waals surface area contributed by atoms with Crippen LogP contribution in [0.4, 0.5) is 0 Å². The molecule has 0 N–H and O–H groups in total. The van der Waals surface area contributed by atoms with Crippen LogP contribution in [0, 0.1) is 6.92 Å². The van der Waals surface area contributed by atoms with Crippen molar-refractivity contribution in [2.45, 2.75) is 13.5 Å². The standard InChI is InChI=1S/C21H17N3O3/c1-15-7-2-5-11-19(15)27-14-20-23-18-10-4-3-9-17(18)21(25)24(20)22-13-16-8-6-12-26-16/h2-13H,14H2,1H3/b22-13-. The Morgan fingerprint density at radius 3 is 2.74 bits per heavy atom. The van der Waals surface area contributed by atoms with Gasteiger partial charge < -0.3 is 9.15 Å². The maximum Gasteiger partial charge on any atom is 0.282 e. The first-order valence-corrected chi connectivity index (χ1v) is 8.49. The largest absolute Gasteiger partial charge is 0.485 e. The van der Waals surface area contributed by atoms with Crippen LogP contribution in [0.15, 0.2) is 81.2 Å². The Kier molecular flexibility index (Phi) is 4.53. The minimum atomic E-state index is -0.258. The van der Waals surface area contributed by atoms with Crippen molar-refractivity contribution in [2.24, 2.45) is 5.10 Å². The molecule has 134 valence electrons. The second-order valence-electron chi connectivity index (χ2n) is 5.98. The van der Waals surface area contributed by atoms with Crippen molar-refractivity contribution in [3.63, 3.8) is 0 Å². The number of fused-ring (bicyclic) bond motifs is 1. The third-order valence-corrected chi connectivity index (χ3v) is 4.11. The molecule has 0 bridgehead atoms. The topological polar surface area (TPSA) is 69.6 Å². The van der Waals surface area contributed by atoms with Crippen LogP contribution in [0.1, 0.15) is 17.1 Å². The Morgan fingerprint density at radius 1 is 1.11 bits per heavy atom. The molecule has 0 fully saturated rings. The number of rotatable bonds is 5. The number of para-hydroxylation sites is 2. The average molecular weight is 359 g/mol. The van der Waals surface area contributed by atoms with Gasteiger partial charge in [-0.25, -0.2) is 4.98 Å². The summed E-state index contributed by atoms with van der Waals surface area (Å²) in [5.74, 6) is 1.69. The lowest BCUT2D eigenvalue weighted by Crippen LogP contribution is -2.23. The summed E-state index contributed by atoms with van der Waals surface area (Å²) in [5, 5.41) is 4.77. The van der Waals surface area contributed by atoms with Gasteiger partial charge in [0, 0.05) is 0 Å². The molecule has 2 aromatic carbocycles. The van der Waals surface area contributed by atoms with Crippen molar-refractivity contribution in [1.82, 2.24) is 9.66 Å². The second kappa shape index (κ2) is 7.29. The summed E-state index contributed by atoms with van der Waals surface area (Å²) in [5.41, 5.74) is 1.35. The van der Waals surface area contributed by atoms with Crippen LogP contribution < -0.4 is 10.3 Å². The van der Waals surface area contributed by atoms with E-state index in [2.05, 4.69) is 10.1 Å². The summed E-state index contributed by atoms with van der Waals surface area (Å²) in [7, 11) is 0. The number of aryl methyl sites for hydroxylation is 1. The van der Waals surface area contributed by atoms with Gasteiger partial charge in [0.25, 0.3) is 5.56 Å². The van der Waals surface area contributed by atoms with Crippen molar-refractivity contribution in [3.8, 4) is 5.75 Å². The molecule has 0 saturated carbocycles. The number of ether oxygens (including phenoxy) is 1. The number of hydrogen-bond donors (Lipinski definition) is 0. The molecule has 0 saturated heterocycles. The Bertz CT molecular complexity index is 1160. The van der Waals surface area contributed by atoms with E-state index in [9.17, 15) is 4.79 Å². The van der Waals surface area contributed by atoms with E-state index in [1.165, 1.54) is 10.9 Å². The molecule has 0 aliphatic rings. The fourth-order valence-corrected chi connectivity index (χ4v) is 2.72. The van der Waals surface area contributed by atoms with Gasteiger partial charge in [0.05, 0.1) is 23.4 Å². The molecular formula is C21H17N3O3. The van der Waals surface area contributed by atoms with Crippen LogP contribution >= 0.6 is 0 Å². The van der Waals surface area contributed by atoms with E-state index in [1.807, 2.05) is 37.3 Å². The van der Waals surface area contributed by atoms with Crippen molar-refractivity contribution in [1.29, 1.82) is 0 Å². The van der Waals surface area contributed by atoms with Crippen LogP contribution in [-0.2, 0) is 6.61 Å². The zero-order valence-electron chi connectivity index (χ0n) is 14.7. The van der Waals surface area contributed by atoms with Crippen LogP contribution in [0.3, 0.4) is 0 Å². The first-order chi connectivity index (χ1) is 13.2. The van der Waals surface area contributed by atoms with Gasteiger partial charge in [-0.15, -0.1) is 0 Å². The molecular weight excluding hydrogens is 342 g/mol. The Hall–Kier alpha value is -3.67. The highest BCUT2D eigenvalue weighted by molar-refractivity contribution is 5.78. The first kappa shape index (κ1) is 16.8. The molecule has 0 unspecified atom stereocenters. The maximum absolute atomic E-state index is 12.9. The first-order valence-electron chi connectivity index (χ1n) is 8.49. The summed E-state index contributed by atoms with van der Waals surface area (Å²) in [6.07, 6.45) is 3.03. The van der Waals surface area contributed by atoms with Crippen molar-refractivity contribution < 1.29 is 9.15 Å². The predicted octanol–water partition coefficient (Wildman–Crippen LogP) is 3.76. The molecule has 0 radical (unpaired) electrons. The molecule has 4 aromatic rings. The molecule has 27 heavy (non-hydrogen) atoms. The van der Waals surface area contributed by atoms with Crippen LogP contribution in [-0.4, -0.2) is 15.9 Å². The summed E-state index contributed by atoms with van der Waals surface area (Å²) in [6.45, 7) is 2.08. The Balaban J connectivity index is 1.76. The molecule has 6 heteroatoms. The van der Waals surface area contributed by atoms with Gasteiger partial charge in [-0.1, -0.05) is 30.3 Å². The van der Waals surface area contributed by atoms with E-state index in [4.69, 9.17) is 9.15 Å². The molecule has 0 aliphatic carbocycles. The van der Waals surface area contributed by atoms with Crippen molar-refractivity contribution >= 4 is 17.1 Å². The third kappa shape index (κ3) is 3.50. The highest BCUT2D eigenvalue weighted by Crippen LogP contribution is 2.18. The summed E-state index contributed by atoms with van der Waals surface area (Å²) in [6, 6.07) is 18.4. The van der Waals surface area contributed by atoms with Crippen LogP contribution in [0.25, 0.3) is 10.9 Å². The minimum absolute atomic E-state index is 0.112. The zero-order chi connectivity index (χ0) is 18.6. The van der Waals surface area contributed by atoms with Gasteiger partial charge in [-0.3, -0.25) is 4.79 Å². The normalized spacial score (nSPS) is 11.3. The van der Waals surface area contributed by atoms with E-state index in [0.717, 1.165) is 11.3 Å². The molecule has 4 rings (SSSR count). The van der Waals surface area contributed by atoms with Gasteiger partial charge >= 0.3 is 0 Å². The minimum Gasteiger partial charge on any atom is -0.485 e. The maximum atomic E-state index is 12.9. The Labute approximate surface area is 155 Å². The number of benzene rings is 2. The molecule has 6 nitrogen and oxygen atoms in total. The van der Waals surface area contributed by atoms with Crippen molar-refractivity contribution in [2.75, 3.05) is 0 Å². The van der Waals surface area contributed by atoms with Crippen molar-refractivity contribution in [3.05, 3.63) is 94.4 Å². The van der Waals surface area contributed by atoms with Gasteiger partial charge in [0.1, 0.15) is 18.1 Å². The van der Waals surface area contributed by atoms with Crippen LogP contribution in [0.5, 0.6) is 5.75 Å². The number of nitrogens with zero attached hydrogens (tertiary/aromatic N) is 3. The molecule has 2 heterocycles. The summed E-state index contributed by atoms with van der Waals surface area (Å²) >= 11 is 0. The lowest BCUT2D eigenvalue weighted by atomic mass is 10.2. The molecule has 0 atom stereocenters. The molecule has 2 aromatic heterocycles. The number of furan rings is 1. The van der Waals surface area contributed by atoms with E-state index >= 15 is 0 Å². The van der Waals surface area contributed by atoms with Gasteiger partial charge in [0.15, 0.2) is 5.82 Å². The monoisotopic (exact) mass is 359 g/mol. The van der Waals surface area contributed by atoms with E-state index in [0.29, 0.717) is 22.5 Å². The quantitative estimate of drug-likeness (QED) is 0.509. The fraction of sp³-hybridized carbons (Fsp3) is 0.0952. The predicted molar refractivity (Wildman–Crippen MR) is 103 cm³/mol. The highest BCUT2D eigenvalue weighted by atomic mass is 16.5. The summed E-state index contributed by atoms with van der Waals surface area (Å²) < 4.78 is 12.4. The molecule has 0 amide bonds.